The van der Waals surface area contributed by atoms with Crippen LogP contribution in [0.2, 0.25) is 0 Å². The smallest absolute Gasteiger partial charge is 0.323 e. The lowest BCUT2D eigenvalue weighted by atomic mass is 9.60. The predicted octanol–water partition coefficient (Wildman–Crippen LogP) is 2.80. The quantitative estimate of drug-likeness (QED) is 0.626. The number of rotatable bonds is 5. The van der Waals surface area contributed by atoms with E-state index in [0.717, 1.165) is 68.2 Å². The molecule has 5 aliphatic rings. The van der Waals surface area contributed by atoms with Gasteiger partial charge in [-0.3, -0.25) is 9.58 Å². The van der Waals surface area contributed by atoms with Crippen molar-refractivity contribution < 1.29 is 18.0 Å². The van der Waals surface area contributed by atoms with Gasteiger partial charge in [0.2, 0.25) is 0 Å². The minimum Gasteiger partial charge on any atom is -0.323 e. The van der Waals surface area contributed by atoms with Crippen LogP contribution in [0.15, 0.2) is 12.5 Å². The van der Waals surface area contributed by atoms with Crippen molar-refractivity contribution in [2.24, 2.45) is 10.8 Å². The number of nitrogens with zero attached hydrogens (tertiary/aromatic N) is 8. The van der Waals surface area contributed by atoms with E-state index in [0.29, 0.717) is 24.2 Å². The third-order valence-corrected chi connectivity index (χ3v) is 8.73. The van der Waals surface area contributed by atoms with Gasteiger partial charge >= 0.3 is 12.2 Å². The molecule has 5 heterocycles. The summed E-state index contributed by atoms with van der Waals surface area (Å²) < 4.78 is 40.9. The summed E-state index contributed by atoms with van der Waals surface area (Å²) in [6, 6.07) is 0.564. The van der Waals surface area contributed by atoms with Gasteiger partial charge in [0, 0.05) is 74.3 Å². The molecule has 2 aromatic heterocycles. The molecule has 2 aliphatic carbocycles. The second kappa shape index (κ2) is 7.45. The monoisotopic (exact) mass is 504 g/mol. The molecular weight excluding hydrogens is 473 g/mol. The van der Waals surface area contributed by atoms with Gasteiger partial charge in [0.1, 0.15) is 12.9 Å². The summed E-state index contributed by atoms with van der Waals surface area (Å²) >= 11 is 0. The molecule has 2 aromatic rings. The van der Waals surface area contributed by atoms with Crippen LogP contribution in [0, 0.1) is 17.8 Å². The third kappa shape index (κ3) is 3.88. The highest BCUT2D eigenvalue weighted by molar-refractivity contribution is 5.77. The molecular formula is C24H31F3N8O. The summed E-state index contributed by atoms with van der Waals surface area (Å²) in [4.78, 5) is 23.6. The molecule has 12 heteroatoms. The SMILES string of the molecule is Cc1nn(CC(F)(F)F)cc1CN1CC2(C1)CN(C(=O)N1CC3(CC(n4cnc(C5CC5)n4)C3)C1)C2. The molecule has 0 aromatic carbocycles. The van der Waals surface area contributed by atoms with Crippen LogP contribution < -0.4 is 0 Å². The highest BCUT2D eigenvalue weighted by atomic mass is 19.4. The van der Waals surface area contributed by atoms with Crippen molar-refractivity contribution >= 4 is 6.03 Å². The first-order valence-electron chi connectivity index (χ1n) is 12.8. The first-order chi connectivity index (χ1) is 17.1. The maximum atomic E-state index is 12.9. The first kappa shape index (κ1) is 22.6. The van der Waals surface area contributed by atoms with Crippen LogP contribution in [0.4, 0.5) is 18.0 Å². The van der Waals surface area contributed by atoms with E-state index in [2.05, 4.69) is 20.1 Å². The van der Waals surface area contributed by atoms with Gasteiger partial charge in [0.05, 0.1) is 11.7 Å². The van der Waals surface area contributed by atoms with E-state index in [1.54, 1.807) is 6.92 Å². The highest BCUT2D eigenvalue weighted by Gasteiger charge is 2.58. The Morgan fingerprint density at radius 1 is 1.03 bits per heavy atom. The van der Waals surface area contributed by atoms with Gasteiger partial charge in [-0.1, -0.05) is 0 Å². The molecule has 194 valence electrons. The number of urea groups is 1. The minimum atomic E-state index is -4.27. The fourth-order valence-corrected chi connectivity index (χ4v) is 6.81. The van der Waals surface area contributed by atoms with Crippen LogP contribution in [0.5, 0.6) is 0 Å². The Hall–Kier alpha value is -2.63. The van der Waals surface area contributed by atoms with Gasteiger partial charge in [0.15, 0.2) is 5.82 Å². The maximum Gasteiger partial charge on any atom is 0.408 e. The number of amides is 2. The normalized spacial score (nSPS) is 25.0. The lowest BCUT2D eigenvalue weighted by Crippen LogP contribution is -2.75. The summed E-state index contributed by atoms with van der Waals surface area (Å²) in [5.41, 5.74) is 1.88. The van der Waals surface area contributed by atoms with Crippen LogP contribution in [0.3, 0.4) is 0 Å². The first-order valence-corrected chi connectivity index (χ1v) is 12.8. The van der Waals surface area contributed by atoms with Crippen molar-refractivity contribution in [3.05, 3.63) is 29.6 Å². The van der Waals surface area contributed by atoms with Crippen molar-refractivity contribution in [2.75, 3.05) is 39.3 Å². The standard InChI is InChI=1S/C24H31F3N8O/c1-16-18(7-34(29-16)14-24(25,26)27)6-31-8-23(9-31)12-33(13-23)21(36)32-10-22(11-32)4-19(5-22)35-15-28-20(30-35)17-2-3-17/h7,15,17,19H,2-6,8-14H2,1H3. The number of hydrogen-bond acceptors (Lipinski definition) is 5. The molecule has 5 fully saturated rings. The number of carbonyl (C=O) groups is 1. The number of carbonyl (C=O) groups excluding carboxylic acids is 1. The second-order valence-electron chi connectivity index (χ2n) is 12.1. The number of hydrogen-bond donors (Lipinski definition) is 0. The maximum absolute atomic E-state index is 12.9. The van der Waals surface area contributed by atoms with Gasteiger partial charge < -0.3 is 9.80 Å². The average Bonchev–Trinajstić information content (AvgIpc) is 3.32. The van der Waals surface area contributed by atoms with E-state index in [-0.39, 0.29) is 16.9 Å². The molecule has 0 unspecified atom stereocenters. The van der Waals surface area contributed by atoms with Crippen LogP contribution >= 0.6 is 0 Å². The molecule has 36 heavy (non-hydrogen) atoms. The average molecular weight is 505 g/mol. The van der Waals surface area contributed by atoms with E-state index in [4.69, 9.17) is 0 Å². The van der Waals surface area contributed by atoms with Gasteiger partial charge in [-0.05, 0) is 32.6 Å². The fraction of sp³-hybridized carbons (Fsp3) is 0.750. The lowest BCUT2D eigenvalue weighted by molar-refractivity contribution is -0.142. The van der Waals surface area contributed by atoms with Gasteiger partial charge in [0.25, 0.3) is 0 Å². The zero-order chi connectivity index (χ0) is 24.9. The Bertz CT molecular complexity index is 1170. The molecule has 7 rings (SSSR count). The predicted molar refractivity (Wildman–Crippen MR) is 122 cm³/mol. The molecule has 2 spiro atoms. The van der Waals surface area contributed by atoms with Crippen LogP contribution in [-0.2, 0) is 13.1 Å². The summed E-state index contributed by atoms with van der Waals surface area (Å²) in [6.45, 7) is 6.24. The van der Waals surface area contributed by atoms with Crippen LogP contribution in [0.1, 0.15) is 54.7 Å². The minimum absolute atomic E-state index is 0.141. The zero-order valence-electron chi connectivity index (χ0n) is 20.4. The Balaban J connectivity index is 0.843. The molecule has 0 bridgehead atoms. The molecule has 2 saturated carbocycles. The second-order valence-corrected chi connectivity index (χ2v) is 12.1. The molecule has 0 radical (unpaired) electrons. The Labute approximate surface area is 207 Å². The summed E-state index contributed by atoms with van der Waals surface area (Å²) in [6.07, 6.45) is 3.68. The van der Waals surface area contributed by atoms with Crippen LogP contribution in [-0.4, -0.2) is 90.7 Å². The van der Waals surface area contributed by atoms with E-state index < -0.39 is 12.7 Å². The topological polar surface area (TPSA) is 75.3 Å². The van der Waals surface area contributed by atoms with Gasteiger partial charge in [-0.2, -0.15) is 23.4 Å². The zero-order valence-corrected chi connectivity index (χ0v) is 20.4. The third-order valence-electron chi connectivity index (χ3n) is 8.73. The fourth-order valence-electron chi connectivity index (χ4n) is 6.81. The van der Waals surface area contributed by atoms with Gasteiger partial charge in [-0.25, -0.2) is 14.5 Å². The number of alkyl halides is 3. The van der Waals surface area contributed by atoms with E-state index in [1.807, 2.05) is 20.8 Å². The molecule has 2 amide bonds. The number of aromatic nitrogens is 5. The van der Waals surface area contributed by atoms with Gasteiger partial charge in [-0.15, -0.1) is 0 Å². The van der Waals surface area contributed by atoms with E-state index in [9.17, 15) is 18.0 Å². The summed E-state index contributed by atoms with van der Waals surface area (Å²) in [5.74, 6) is 1.57. The summed E-state index contributed by atoms with van der Waals surface area (Å²) in [5, 5.41) is 8.68. The molecule has 3 aliphatic heterocycles. The van der Waals surface area contributed by atoms with E-state index >= 15 is 0 Å². The Morgan fingerprint density at radius 2 is 1.69 bits per heavy atom. The number of halogens is 3. The van der Waals surface area contributed by atoms with E-state index in [1.165, 1.54) is 19.0 Å². The van der Waals surface area contributed by atoms with Crippen molar-refractivity contribution in [2.45, 2.75) is 63.8 Å². The molecule has 0 atom stereocenters. The molecule has 0 N–H and O–H groups in total. The molecule has 3 saturated heterocycles. The lowest BCUT2D eigenvalue weighted by Gasteiger charge is -2.63. The molecule has 9 nitrogen and oxygen atoms in total. The number of likely N-dealkylation sites (tertiary alicyclic amines) is 3. The highest BCUT2D eigenvalue weighted by Crippen LogP contribution is 2.54. The largest absolute Gasteiger partial charge is 0.408 e. The summed E-state index contributed by atoms with van der Waals surface area (Å²) in [7, 11) is 0. The number of aryl methyl sites for hydroxylation is 1. The van der Waals surface area contributed by atoms with Crippen LogP contribution in [0.25, 0.3) is 0 Å². The van der Waals surface area contributed by atoms with Crippen molar-refractivity contribution in [1.29, 1.82) is 0 Å². The van der Waals surface area contributed by atoms with Crippen molar-refractivity contribution in [1.82, 2.24) is 39.2 Å². The Kier molecular flexibility index (Phi) is 4.67. The Morgan fingerprint density at radius 3 is 2.33 bits per heavy atom. The van der Waals surface area contributed by atoms with Crippen molar-refractivity contribution in [3.8, 4) is 0 Å². The van der Waals surface area contributed by atoms with Crippen molar-refractivity contribution in [3.63, 3.8) is 0 Å².